The van der Waals surface area contributed by atoms with Crippen molar-refractivity contribution in [2.75, 3.05) is 6.54 Å². The first kappa shape index (κ1) is 7.14. The number of carbonyl (C=O) groups is 1. The summed E-state index contributed by atoms with van der Waals surface area (Å²) in [6.45, 7) is 1.01. The number of nitrogens with zero attached hydrogens (tertiary/aromatic N) is 1. The Morgan fingerprint density at radius 1 is 1.36 bits per heavy atom. The van der Waals surface area contributed by atoms with E-state index in [9.17, 15) is 4.79 Å². The first-order valence-electron chi connectivity index (χ1n) is 4.49. The van der Waals surface area contributed by atoms with Crippen LogP contribution in [0.15, 0.2) is 0 Å². The van der Waals surface area contributed by atoms with Crippen molar-refractivity contribution in [1.82, 2.24) is 4.90 Å². The van der Waals surface area contributed by atoms with Gasteiger partial charge in [-0.3, -0.25) is 4.79 Å². The standard InChI is InChI=1S/C9H14NO/c11-9-6-1-2-7-10(9)8-4-3-5-8/h3,8H,1-2,4-7H2. The Morgan fingerprint density at radius 2 is 2.18 bits per heavy atom. The molecule has 2 fully saturated rings. The maximum atomic E-state index is 11.3. The van der Waals surface area contributed by atoms with Crippen molar-refractivity contribution < 1.29 is 4.79 Å². The zero-order chi connectivity index (χ0) is 7.68. The van der Waals surface area contributed by atoms with E-state index in [1.807, 2.05) is 0 Å². The van der Waals surface area contributed by atoms with E-state index in [4.69, 9.17) is 0 Å². The second kappa shape index (κ2) is 2.84. The van der Waals surface area contributed by atoms with Crippen LogP contribution in [0.4, 0.5) is 0 Å². The molecule has 2 heteroatoms. The van der Waals surface area contributed by atoms with Crippen LogP contribution in [-0.2, 0) is 4.79 Å². The number of carbonyl (C=O) groups excluding carboxylic acids is 1. The fraction of sp³-hybridized carbons (Fsp3) is 0.778. The Labute approximate surface area is 67.6 Å². The van der Waals surface area contributed by atoms with Crippen LogP contribution in [0.25, 0.3) is 0 Å². The fourth-order valence-electron chi connectivity index (χ4n) is 1.78. The topological polar surface area (TPSA) is 20.3 Å². The van der Waals surface area contributed by atoms with E-state index in [0.29, 0.717) is 11.9 Å². The van der Waals surface area contributed by atoms with Gasteiger partial charge in [-0.2, -0.15) is 0 Å². The van der Waals surface area contributed by atoms with Gasteiger partial charge in [0.05, 0.1) is 0 Å². The van der Waals surface area contributed by atoms with Crippen molar-refractivity contribution in [3.8, 4) is 0 Å². The molecule has 0 unspecified atom stereocenters. The van der Waals surface area contributed by atoms with Gasteiger partial charge >= 0.3 is 0 Å². The number of hydrogen-bond acceptors (Lipinski definition) is 1. The van der Waals surface area contributed by atoms with Gasteiger partial charge in [0, 0.05) is 19.0 Å². The molecule has 1 aliphatic heterocycles. The number of piperidine rings is 1. The third-order valence-electron chi connectivity index (χ3n) is 2.68. The monoisotopic (exact) mass is 152 g/mol. The minimum atomic E-state index is 0.384. The van der Waals surface area contributed by atoms with Gasteiger partial charge < -0.3 is 4.90 Å². The summed E-state index contributed by atoms with van der Waals surface area (Å²) in [4.78, 5) is 13.4. The molecule has 2 nitrogen and oxygen atoms in total. The summed E-state index contributed by atoms with van der Waals surface area (Å²) in [6.07, 6.45) is 7.62. The predicted molar refractivity (Wildman–Crippen MR) is 42.9 cm³/mol. The van der Waals surface area contributed by atoms with Crippen molar-refractivity contribution >= 4 is 5.91 Å². The average Bonchev–Trinajstić information content (AvgIpc) is 1.90. The number of amides is 1. The van der Waals surface area contributed by atoms with Crippen LogP contribution in [0.1, 0.15) is 32.1 Å². The number of rotatable bonds is 1. The minimum absolute atomic E-state index is 0.384. The van der Waals surface area contributed by atoms with Crippen LogP contribution in [0.5, 0.6) is 0 Å². The number of likely N-dealkylation sites (tertiary alicyclic amines) is 1. The van der Waals surface area contributed by atoms with E-state index in [1.54, 1.807) is 0 Å². The van der Waals surface area contributed by atoms with E-state index in [-0.39, 0.29) is 0 Å². The quantitative estimate of drug-likeness (QED) is 0.555. The van der Waals surface area contributed by atoms with Crippen molar-refractivity contribution in [3.63, 3.8) is 0 Å². The van der Waals surface area contributed by atoms with Crippen molar-refractivity contribution in [1.29, 1.82) is 0 Å². The SMILES string of the molecule is O=C1CCCCN1C1C[CH]C1. The van der Waals surface area contributed by atoms with Crippen LogP contribution in [0.2, 0.25) is 0 Å². The molecule has 2 rings (SSSR count). The lowest BCUT2D eigenvalue weighted by Crippen LogP contribution is -2.46. The molecule has 0 aromatic heterocycles. The maximum Gasteiger partial charge on any atom is 0.222 e. The lowest BCUT2D eigenvalue weighted by Gasteiger charge is -2.39. The molecule has 11 heavy (non-hydrogen) atoms. The Hall–Kier alpha value is -0.530. The van der Waals surface area contributed by atoms with Crippen LogP contribution in [0.3, 0.4) is 0 Å². The molecule has 1 heterocycles. The van der Waals surface area contributed by atoms with E-state index in [1.165, 1.54) is 6.42 Å². The molecule has 1 radical (unpaired) electrons. The van der Waals surface area contributed by atoms with E-state index < -0.39 is 0 Å². The molecule has 0 bridgehead atoms. The summed E-state index contributed by atoms with van der Waals surface area (Å²) in [7, 11) is 0. The highest BCUT2D eigenvalue weighted by atomic mass is 16.2. The summed E-state index contributed by atoms with van der Waals surface area (Å²) >= 11 is 0. The molecule has 1 saturated heterocycles. The lowest BCUT2D eigenvalue weighted by atomic mass is 9.90. The summed E-state index contributed by atoms with van der Waals surface area (Å²) in [5.41, 5.74) is 0. The molecule has 0 spiro atoms. The van der Waals surface area contributed by atoms with Crippen LogP contribution in [-0.4, -0.2) is 23.4 Å². The molecule has 61 valence electrons. The third kappa shape index (κ3) is 1.26. The van der Waals surface area contributed by atoms with Gasteiger partial charge in [0.1, 0.15) is 0 Å². The van der Waals surface area contributed by atoms with E-state index >= 15 is 0 Å². The van der Waals surface area contributed by atoms with E-state index in [0.717, 1.165) is 32.2 Å². The van der Waals surface area contributed by atoms with Crippen molar-refractivity contribution in [2.24, 2.45) is 0 Å². The molecule has 0 aromatic carbocycles. The largest absolute Gasteiger partial charge is 0.340 e. The predicted octanol–water partition coefficient (Wildman–Crippen LogP) is 1.37. The van der Waals surface area contributed by atoms with Gasteiger partial charge in [-0.25, -0.2) is 0 Å². The Bertz CT molecular complexity index is 163. The Kier molecular flexibility index (Phi) is 1.84. The molecule has 0 N–H and O–H groups in total. The normalized spacial score (nSPS) is 26.9. The Morgan fingerprint density at radius 3 is 2.73 bits per heavy atom. The highest BCUT2D eigenvalue weighted by molar-refractivity contribution is 5.77. The van der Waals surface area contributed by atoms with Gasteiger partial charge in [0.2, 0.25) is 5.91 Å². The Balaban J connectivity index is 1.93. The first-order valence-corrected chi connectivity index (χ1v) is 4.49. The molecule has 2 aliphatic rings. The fourth-order valence-corrected chi connectivity index (χ4v) is 1.78. The highest BCUT2D eigenvalue weighted by Gasteiger charge is 2.29. The minimum Gasteiger partial charge on any atom is -0.340 e. The molecule has 0 aromatic rings. The molecular weight excluding hydrogens is 138 g/mol. The second-order valence-corrected chi connectivity index (χ2v) is 3.46. The molecular formula is C9H14NO. The summed E-state index contributed by atoms with van der Waals surface area (Å²) in [6, 6.07) is 0.572. The third-order valence-corrected chi connectivity index (χ3v) is 2.68. The van der Waals surface area contributed by atoms with Crippen LogP contribution < -0.4 is 0 Å². The van der Waals surface area contributed by atoms with Gasteiger partial charge in [0.25, 0.3) is 0 Å². The van der Waals surface area contributed by atoms with Crippen LogP contribution in [0, 0.1) is 6.42 Å². The maximum absolute atomic E-state index is 11.3. The first-order chi connectivity index (χ1) is 5.38. The van der Waals surface area contributed by atoms with Gasteiger partial charge in [0.15, 0.2) is 0 Å². The summed E-state index contributed by atoms with van der Waals surface area (Å²) < 4.78 is 0. The molecule has 1 saturated carbocycles. The second-order valence-electron chi connectivity index (χ2n) is 3.46. The van der Waals surface area contributed by atoms with Gasteiger partial charge in [-0.05, 0) is 32.1 Å². The summed E-state index contributed by atoms with van der Waals surface area (Å²) in [5, 5.41) is 0. The van der Waals surface area contributed by atoms with Crippen molar-refractivity contribution in [3.05, 3.63) is 6.42 Å². The van der Waals surface area contributed by atoms with Crippen LogP contribution >= 0.6 is 0 Å². The van der Waals surface area contributed by atoms with Crippen molar-refractivity contribution in [2.45, 2.75) is 38.1 Å². The summed E-state index contributed by atoms with van der Waals surface area (Å²) in [5.74, 6) is 0.384. The molecule has 1 aliphatic carbocycles. The number of hydrogen-bond donors (Lipinski definition) is 0. The highest BCUT2D eigenvalue weighted by Crippen LogP contribution is 2.26. The van der Waals surface area contributed by atoms with E-state index in [2.05, 4.69) is 11.3 Å². The smallest absolute Gasteiger partial charge is 0.222 e. The lowest BCUT2D eigenvalue weighted by molar-refractivity contribution is -0.136. The molecule has 1 amide bonds. The van der Waals surface area contributed by atoms with Gasteiger partial charge in [-0.15, -0.1) is 0 Å². The zero-order valence-electron chi connectivity index (χ0n) is 6.75. The molecule has 0 atom stereocenters. The average molecular weight is 152 g/mol. The van der Waals surface area contributed by atoms with Gasteiger partial charge in [-0.1, -0.05) is 0 Å². The zero-order valence-corrected chi connectivity index (χ0v) is 6.75.